The Labute approximate surface area is 118 Å². The number of nitrogens with one attached hydrogen (secondary N) is 1. The number of amides is 2. The van der Waals surface area contributed by atoms with E-state index in [1.54, 1.807) is 30.0 Å². The van der Waals surface area contributed by atoms with Crippen molar-refractivity contribution >= 4 is 23.2 Å². The summed E-state index contributed by atoms with van der Waals surface area (Å²) in [4.78, 5) is 25.1. The molecule has 1 aliphatic rings. The molecule has 0 saturated carbocycles. The van der Waals surface area contributed by atoms with Gasteiger partial charge in [0.25, 0.3) is 5.91 Å². The molecule has 1 unspecified atom stereocenters. The number of carbonyl (C=O) groups excluding carboxylic acids is 2. The molecule has 1 aromatic rings. The van der Waals surface area contributed by atoms with Crippen molar-refractivity contribution in [1.82, 2.24) is 0 Å². The molecule has 20 heavy (non-hydrogen) atoms. The number of ether oxygens (including phenoxy) is 1. The summed E-state index contributed by atoms with van der Waals surface area (Å²) in [5.74, 6) is 0.509. The van der Waals surface area contributed by atoms with Crippen molar-refractivity contribution in [2.45, 2.75) is 39.7 Å². The third kappa shape index (κ3) is 2.92. The minimum absolute atomic E-state index is 0.0362. The summed E-state index contributed by atoms with van der Waals surface area (Å²) >= 11 is 0. The van der Waals surface area contributed by atoms with E-state index in [4.69, 9.17) is 4.74 Å². The molecule has 0 spiro atoms. The summed E-state index contributed by atoms with van der Waals surface area (Å²) in [6, 6.07) is 5.36. The summed E-state index contributed by atoms with van der Waals surface area (Å²) in [5, 5.41) is 2.73. The molecule has 0 aliphatic carbocycles. The molecule has 1 atom stereocenters. The molecule has 0 radical (unpaired) electrons. The molecule has 2 rings (SSSR count). The van der Waals surface area contributed by atoms with Crippen LogP contribution in [0.3, 0.4) is 0 Å². The largest absolute Gasteiger partial charge is 0.479 e. The summed E-state index contributed by atoms with van der Waals surface area (Å²) in [5.41, 5.74) is 1.40. The molecule has 0 bridgehead atoms. The summed E-state index contributed by atoms with van der Waals surface area (Å²) in [6.45, 7) is 5.96. The molecule has 0 saturated heterocycles. The van der Waals surface area contributed by atoms with Crippen LogP contribution in [0.1, 0.15) is 33.6 Å². The number of unbranched alkanes of at least 4 members (excludes halogenated alkanes) is 1. The maximum Gasteiger partial charge on any atom is 0.267 e. The zero-order valence-electron chi connectivity index (χ0n) is 12.1. The first-order chi connectivity index (χ1) is 9.52. The van der Waals surface area contributed by atoms with Gasteiger partial charge in [-0.1, -0.05) is 13.3 Å². The van der Waals surface area contributed by atoms with Crippen LogP contribution in [0.4, 0.5) is 11.4 Å². The van der Waals surface area contributed by atoms with Crippen LogP contribution in [0.15, 0.2) is 18.2 Å². The Morgan fingerprint density at radius 3 is 2.85 bits per heavy atom. The van der Waals surface area contributed by atoms with Crippen LogP contribution in [0.5, 0.6) is 5.75 Å². The standard InChI is InChI=1S/C15H20N2O3/c1-4-5-8-17-13-9-12(16-11(3)18)6-7-14(13)20-10(2)15(17)19/h6-7,9-10H,4-5,8H2,1-3H3,(H,16,18). The molecule has 1 heterocycles. The van der Waals surface area contributed by atoms with Crippen molar-refractivity contribution in [3.05, 3.63) is 18.2 Å². The minimum atomic E-state index is -0.467. The van der Waals surface area contributed by atoms with Gasteiger partial charge >= 0.3 is 0 Å². The normalized spacial score (nSPS) is 17.4. The lowest BCUT2D eigenvalue weighted by Gasteiger charge is -2.33. The first-order valence-corrected chi connectivity index (χ1v) is 6.92. The van der Waals surface area contributed by atoms with E-state index in [9.17, 15) is 9.59 Å². The molecule has 0 aromatic heterocycles. The Kier molecular flexibility index (Phi) is 4.27. The summed E-state index contributed by atoms with van der Waals surface area (Å²) in [7, 11) is 0. The maximum atomic E-state index is 12.2. The fourth-order valence-electron chi connectivity index (χ4n) is 2.23. The van der Waals surface area contributed by atoms with Crippen LogP contribution in [-0.4, -0.2) is 24.5 Å². The second-order valence-corrected chi connectivity index (χ2v) is 4.97. The van der Waals surface area contributed by atoms with Gasteiger partial charge < -0.3 is 15.0 Å². The van der Waals surface area contributed by atoms with Gasteiger partial charge in [0.1, 0.15) is 5.75 Å². The van der Waals surface area contributed by atoms with Gasteiger partial charge in [0.2, 0.25) is 5.91 Å². The highest BCUT2D eigenvalue weighted by Crippen LogP contribution is 2.36. The van der Waals surface area contributed by atoms with Gasteiger partial charge in [-0.3, -0.25) is 9.59 Å². The van der Waals surface area contributed by atoms with Gasteiger partial charge in [0, 0.05) is 19.2 Å². The average molecular weight is 276 g/mol. The number of anilines is 2. The maximum absolute atomic E-state index is 12.2. The van der Waals surface area contributed by atoms with Crippen LogP contribution in [-0.2, 0) is 9.59 Å². The number of hydrogen-bond acceptors (Lipinski definition) is 3. The van der Waals surface area contributed by atoms with E-state index in [0.29, 0.717) is 18.0 Å². The smallest absolute Gasteiger partial charge is 0.267 e. The Hall–Kier alpha value is -2.04. The molecule has 108 valence electrons. The third-order valence-corrected chi connectivity index (χ3v) is 3.22. The lowest BCUT2D eigenvalue weighted by atomic mass is 10.1. The fraction of sp³-hybridized carbons (Fsp3) is 0.467. The van der Waals surface area contributed by atoms with Gasteiger partial charge in [-0.25, -0.2) is 0 Å². The molecule has 1 aromatic carbocycles. The lowest BCUT2D eigenvalue weighted by Crippen LogP contribution is -2.44. The SMILES string of the molecule is CCCCN1C(=O)C(C)Oc2ccc(NC(C)=O)cc21. The third-order valence-electron chi connectivity index (χ3n) is 3.22. The zero-order valence-corrected chi connectivity index (χ0v) is 12.1. The summed E-state index contributed by atoms with van der Waals surface area (Å²) < 4.78 is 5.61. The zero-order chi connectivity index (χ0) is 14.7. The van der Waals surface area contributed by atoms with Gasteiger partial charge in [0.15, 0.2) is 6.10 Å². The van der Waals surface area contributed by atoms with Crippen LogP contribution in [0, 0.1) is 0 Å². The minimum Gasteiger partial charge on any atom is -0.479 e. The van der Waals surface area contributed by atoms with Crippen molar-refractivity contribution in [2.24, 2.45) is 0 Å². The number of hydrogen-bond donors (Lipinski definition) is 1. The number of nitrogens with zero attached hydrogens (tertiary/aromatic N) is 1. The van der Waals surface area contributed by atoms with E-state index in [0.717, 1.165) is 18.5 Å². The van der Waals surface area contributed by atoms with E-state index in [1.165, 1.54) is 6.92 Å². The van der Waals surface area contributed by atoms with Gasteiger partial charge in [-0.05, 0) is 31.5 Å². The monoisotopic (exact) mass is 276 g/mol. The second-order valence-electron chi connectivity index (χ2n) is 4.97. The number of fused-ring (bicyclic) bond motifs is 1. The van der Waals surface area contributed by atoms with Gasteiger partial charge in [0.05, 0.1) is 5.69 Å². The van der Waals surface area contributed by atoms with E-state index in [1.807, 2.05) is 0 Å². The highest BCUT2D eigenvalue weighted by atomic mass is 16.5. The fourth-order valence-corrected chi connectivity index (χ4v) is 2.23. The van der Waals surface area contributed by atoms with E-state index in [2.05, 4.69) is 12.2 Å². The summed E-state index contributed by atoms with van der Waals surface area (Å²) in [6.07, 6.45) is 1.48. The van der Waals surface area contributed by atoms with Crippen molar-refractivity contribution < 1.29 is 14.3 Å². The van der Waals surface area contributed by atoms with Crippen molar-refractivity contribution in [3.8, 4) is 5.75 Å². The molecule has 1 N–H and O–H groups in total. The quantitative estimate of drug-likeness (QED) is 0.919. The molecule has 5 nitrogen and oxygen atoms in total. The van der Waals surface area contributed by atoms with E-state index in [-0.39, 0.29) is 11.8 Å². The highest BCUT2D eigenvalue weighted by Gasteiger charge is 2.31. The van der Waals surface area contributed by atoms with Crippen molar-refractivity contribution in [2.75, 3.05) is 16.8 Å². The van der Waals surface area contributed by atoms with Crippen LogP contribution >= 0.6 is 0 Å². The van der Waals surface area contributed by atoms with Gasteiger partial charge in [-0.2, -0.15) is 0 Å². The number of rotatable bonds is 4. The molecular weight excluding hydrogens is 256 g/mol. The second kappa shape index (κ2) is 5.94. The van der Waals surface area contributed by atoms with Crippen LogP contribution in [0.25, 0.3) is 0 Å². The average Bonchev–Trinajstić information content (AvgIpc) is 2.39. The van der Waals surface area contributed by atoms with Crippen molar-refractivity contribution in [3.63, 3.8) is 0 Å². The van der Waals surface area contributed by atoms with E-state index < -0.39 is 6.10 Å². The van der Waals surface area contributed by atoms with Gasteiger partial charge in [-0.15, -0.1) is 0 Å². The molecule has 5 heteroatoms. The van der Waals surface area contributed by atoms with Crippen LogP contribution < -0.4 is 15.0 Å². The number of benzene rings is 1. The molecular formula is C15H20N2O3. The molecule has 1 aliphatic heterocycles. The molecule has 2 amide bonds. The Balaban J connectivity index is 2.34. The predicted octanol–water partition coefficient (Wildman–Crippen LogP) is 2.56. The van der Waals surface area contributed by atoms with E-state index >= 15 is 0 Å². The Morgan fingerprint density at radius 1 is 1.45 bits per heavy atom. The van der Waals surface area contributed by atoms with Crippen molar-refractivity contribution in [1.29, 1.82) is 0 Å². The number of carbonyl (C=O) groups is 2. The first-order valence-electron chi connectivity index (χ1n) is 6.92. The highest BCUT2D eigenvalue weighted by molar-refractivity contribution is 6.01. The topological polar surface area (TPSA) is 58.6 Å². The Bertz CT molecular complexity index is 528. The molecule has 0 fully saturated rings. The lowest BCUT2D eigenvalue weighted by molar-refractivity contribution is -0.125. The first kappa shape index (κ1) is 14.4. The predicted molar refractivity (Wildman–Crippen MR) is 78.1 cm³/mol. The van der Waals surface area contributed by atoms with Crippen LogP contribution in [0.2, 0.25) is 0 Å². The Morgan fingerprint density at radius 2 is 2.20 bits per heavy atom.